The van der Waals surface area contributed by atoms with Crippen molar-refractivity contribution < 1.29 is 14.3 Å². The molecule has 1 aromatic rings. The Bertz CT molecular complexity index is 595. The second-order valence-corrected chi connectivity index (χ2v) is 5.02. The number of rotatable bonds is 2. The van der Waals surface area contributed by atoms with Gasteiger partial charge in [0.15, 0.2) is 0 Å². The third-order valence-electron chi connectivity index (χ3n) is 3.55. The van der Waals surface area contributed by atoms with E-state index in [1.165, 1.54) is 0 Å². The van der Waals surface area contributed by atoms with Crippen LogP contribution >= 0.6 is 0 Å². The van der Waals surface area contributed by atoms with Gasteiger partial charge in [0.2, 0.25) is 0 Å². The summed E-state index contributed by atoms with van der Waals surface area (Å²) in [5, 5.41) is 8.91. The van der Waals surface area contributed by atoms with Gasteiger partial charge in [-0.05, 0) is 31.5 Å². The van der Waals surface area contributed by atoms with Gasteiger partial charge < -0.3 is 14.5 Å². The molecule has 0 bridgehead atoms. The first-order valence-corrected chi connectivity index (χ1v) is 7.37. The molecule has 1 aliphatic rings. The van der Waals surface area contributed by atoms with E-state index in [1.54, 1.807) is 41.0 Å². The second-order valence-electron chi connectivity index (χ2n) is 5.02. The van der Waals surface area contributed by atoms with Crippen LogP contribution in [0.4, 0.5) is 4.79 Å². The summed E-state index contributed by atoms with van der Waals surface area (Å²) >= 11 is 0. The summed E-state index contributed by atoms with van der Waals surface area (Å²) in [6.45, 7) is 4.22. The number of nitrogens with zero attached hydrogens (tertiary/aromatic N) is 3. The Kier molecular flexibility index (Phi) is 5.37. The maximum absolute atomic E-state index is 12.5. The lowest BCUT2D eigenvalue weighted by atomic mass is 10.1. The molecule has 1 saturated heterocycles. The van der Waals surface area contributed by atoms with Gasteiger partial charge in [-0.15, -0.1) is 0 Å². The number of benzene rings is 1. The van der Waals surface area contributed by atoms with Crippen molar-refractivity contribution in [2.75, 3.05) is 32.8 Å². The van der Waals surface area contributed by atoms with Crippen LogP contribution in [0.15, 0.2) is 24.3 Å². The third kappa shape index (κ3) is 3.76. The van der Waals surface area contributed by atoms with E-state index in [1.807, 2.05) is 6.07 Å². The molecule has 1 fully saturated rings. The van der Waals surface area contributed by atoms with E-state index in [2.05, 4.69) is 0 Å². The van der Waals surface area contributed by atoms with Gasteiger partial charge in [0.25, 0.3) is 5.91 Å². The molecular formula is C16H19N3O3. The maximum atomic E-state index is 12.5. The highest BCUT2D eigenvalue weighted by Gasteiger charge is 2.23. The highest BCUT2D eigenvalue weighted by Crippen LogP contribution is 2.11. The Labute approximate surface area is 129 Å². The summed E-state index contributed by atoms with van der Waals surface area (Å²) in [6, 6.07) is 8.70. The first-order valence-electron chi connectivity index (χ1n) is 7.37. The highest BCUT2D eigenvalue weighted by molar-refractivity contribution is 5.94. The lowest BCUT2D eigenvalue weighted by Gasteiger charge is -2.21. The Morgan fingerprint density at radius 3 is 2.68 bits per heavy atom. The van der Waals surface area contributed by atoms with Crippen LogP contribution in [-0.2, 0) is 4.74 Å². The molecule has 2 rings (SSSR count). The fourth-order valence-corrected chi connectivity index (χ4v) is 2.42. The summed E-state index contributed by atoms with van der Waals surface area (Å²) < 4.78 is 5.00. The van der Waals surface area contributed by atoms with E-state index in [-0.39, 0.29) is 12.0 Å². The summed E-state index contributed by atoms with van der Waals surface area (Å²) in [6.07, 6.45) is 0.381. The highest BCUT2D eigenvalue weighted by atomic mass is 16.6. The first kappa shape index (κ1) is 15.8. The third-order valence-corrected chi connectivity index (χ3v) is 3.55. The molecule has 0 aromatic heterocycles. The number of amides is 2. The minimum Gasteiger partial charge on any atom is -0.450 e. The van der Waals surface area contributed by atoms with E-state index in [9.17, 15) is 9.59 Å². The molecule has 0 atom stereocenters. The van der Waals surface area contributed by atoms with Gasteiger partial charge in [-0.1, -0.05) is 6.07 Å². The smallest absolute Gasteiger partial charge is 0.409 e. The lowest BCUT2D eigenvalue weighted by Crippen LogP contribution is -2.37. The average Bonchev–Trinajstić information content (AvgIpc) is 2.80. The van der Waals surface area contributed by atoms with E-state index in [0.717, 1.165) is 0 Å². The first-order chi connectivity index (χ1) is 10.7. The van der Waals surface area contributed by atoms with Crippen LogP contribution in [0, 0.1) is 11.3 Å². The molecule has 1 aliphatic heterocycles. The van der Waals surface area contributed by atoms with Crippen molar-refractivity contribution in [1.82, 2.24) is 9.80 Å². The molecule has 116 valence electrons. The van der Waals surface area contributed by atoms with Crippen molar-refractivity contribution in [1.29, 1.82) is 5.26 Å². The van der Waals surface area contributed by atoms with Crippen LogP contribution < -0.4 is 0 Å². The minimum absolute atomic E-state index is 0.109. The van der Waals surface area contributed by atoms with Crippen LogP contribution in [0.1, 0.15) is 29.3 Å². The lowest BCUT2D eigenvalue weighted by molar-refractivity contribution is 0.0753. The van der Waals surface area contributed by atoms with Gasteiger partial charge in [0.1, 0.15) is 0 Å². The molecule has 0 N–H and O–H groups in total. The monoisotopic (exact) mass is 301 g/mol. The molecule has 6 heteroatoms. The van der Waals surface area contributed by atoms with Crippen molar-refractivity contribution in [2.45, 2.75) is 13.3 Å². The fraction of sp³-hybridized carbons (Fsp3) is 0.438. The van der Waals surface area contributed by atoms with E-state index in [4.69, 9.17) is 10.00 Å². The Morgan fingerprint density at radius 2 is 1.95 bits per heavy atom. The predicted molar refractivity (Wildman–Crippen MR) is 80.3 cm³/mol. The number of carbonyl (C=O) groups excluding carboxylic acids is 2. The number of nitriles is 1. The van der Waals surface area contributed by atoms with Crippen molar-refractivity contribution in [3.8, 4) is 6.07 Å². The van der Waals surface area contributed by atoms with E-state index < -0.39 is 0 Å². The normalized spacial score (nSPS) is 14.9. The molecule has 1 aromatic carbocycles. The molecule has 0 saturated carbocycles. The minimum atomic E-state index is -0.330. The summed E-state index contributed by atoms with van der Waals surface area (Å²) in [5.74, 6) is -0.109. The molecule has 0 spiro atoms. The van der Waals surface area contributed by atoms with Crippen LogP contribution in [0.5, 0.6) is 0 Å². The van der Waals surface area contributed by atoms with Crippen LogP contribution in [0.2, 0.25) is 0 Å². The van der Waals surface area contributed by atoms with Crippen molar-refractivity contribution in [2.24, 2.45) is 0 Å². The number of carbonyl (C=O) groups is 2. The molecule has 2 amide bonds. The molecule has 22 heavy (non-hydrogen) atoms. The molecule has 1 heterocycles. The predicted octanol–water partition coefficient (Wildman–Crippen LogP) is 1.86. The zero-order chi connectivity index (χ0) is 15.9. The quantitative estimate of drug-likeness (QED) is 0.835. The van der Waals surface area contributed by atoms with Gasteiger partial charge in [0, 0.05) is 31.7 Å². The zero-order valence-corrected chi connectivity index (χ0v) is 12.6. The van der Waals surface area contributed by atoms with Gasteiger partial charge in [-0.2, -0.15) is 5.26 Å². The summed E-state index contributed by atoms with van der Waals surface area (Å²) in [7, 11) is 0. The Balaban J connectivity index is 2.02. The van der Waals surface area contributed by atoms with Gasteiger partial charge in [0.05, 0.1) is 18.2 Å². The summed E-state index contributed by atoms with van der Waals surface area (Å²) in [5.41, 5.74) is 0.970. The Morgan fingerprint density at radius 1 is 1.23 bits per heavy atom. The van der Waals surface area contributed by atoms with Crippen LogP contribution in [-0.4, -0.2) is 54.6 Å². The molecule has 6 nitrogen and oxygen atoms in total. The molecule has 0 aliphatic carbocycles. The summed E-state index contributed by atoms with van der Waals surface area (Å²) in [4.78, 5) is 27.6. The standard InChI is InChI=1S/C16H19N3O3/c1-2-22-16(21)19-8-4-7-18(9-10-19)15(20)14-6-3-5-13(11-14)12-17/h3,5-6,11H,2,4,7-10H2,1H3. The van der Waals surface area contributed by atoms with Crippen molar-refractivity contribution in [3.63, 3.8) is 0 Å². The van der Waals surface area contributed by atoms with E-state index >= 15 is 0 Å². The van der Waals surface area contributed by atoms with E-state index in [0.29, 0.717) is 50.3 Å². The SMILES string of the molecule is CCOC(=O)N1CCCN(C(=O)c2cccc(C#N)c2)CC1. The maximum Gasteiger partial charge on any atom is 0.409 e. The number of hydrogen-bond donors (Lipinski definition) is 0. The fourth-order valence-electron chi connectivity index (χ4n) is 2.42. The second kappa shape index (κ2) is 7.46. The van der Waals surface area contributed by atoms with Crippen molar-refractivity contribution in [3.05, 3.63) is 35.4 Å². The molecule has 0 radical (unpaired) electrons. The van der Waals surface area contributed by atoms with Gasteiger partial charge in [-0.3, -0.25) is 4.79 Å². The largest absolute Gasteiger partial charge is 0.450 e. The zero-order valence-electron chi connectivity index (χ0n) is 12.6. The topological polar surface area (TPSA) is 73.6 Å². The number of hydrogen-bond acceptors (Lipinski definition) is 4. The van der Waals surface area contributed by atoms with Crippen molar-refractivity contribution >= 4 is 12.0 Å². The molecule has 0 unspecified atom stereocenters. The van der Waals surface area contributed by atoms with Gasteiger partial charge >= 0.3 is 6.09 Å². The van der Waals surface area contributed by atoms with Crippen LogP contribution in [0.3, 0.4) is 0 Å². The van der Waals surface area contributed by atoms with Crippen LogP contribution in [0.25, 0.3) is 0 Å². The Hall–Kier alpha value is -2.55. The number of ether oxygens (including phenoxy) is 1. The molecular weight excluding hydrogens is 282 g/mol. The van der Waals surface area contributed by atoms with Gasteiger partial charge in [-0.25, -0.2) is 4.79 Å². The average molecular weight is 301 g/mol.